The van der Waals surface area contributed by atoms with E-state index < -0.39 is 23.3 Å². The van der Waals surface area contributed by atoms with E-state index in [9.17, 15) is 23.1 Å². The summed E-state index contributed by atoms with van der Waals surface area (Å²) in [5, 5.41) is 10.7. The van der Waals surface area contributed by atoms with Crippen LogP contribution in [0.2, 0.25) is 0 Å². The van der Waals surface area contributed by atoms with Gasteiger partial charge in [-0.25, -0.2) is 0 Å². The van der Waals surface area contributed by atoms with Gasteiger partial charge in [-0.1, -0.05) is 30.3 Å². The van der Waals surface area contributed by atoms with Crippen LogP contribution in [0.5, 0.6) is 0 Å². The van der Waals surface area contributed by atoms with Gasteiger partial charge in [0, 0.05) is 7.11 Å². The number of aliphatic carboxylic acids is 1. The average Bonchev–Trinajstić information content (AvgIpc) is 2.18. The first kappa shape index (κ1) is 12.5. The van der Waals surface area contributed by atoms with E-state index in [4.69, 9.17) is 0 Å². The molecule has 6 heteroatoms. The summed E-state index contributed by atoms with van der Waals surface area (Å²) in [4.78, 5) is 10.7. The summed E-state index contributed by atoms with van der Waals surface area (Å²) >= 11 is 0. The Labute approximate surface area is 89.5 Å². The smallest absolute Gasteiger partial charge is 0.427 e. The van der Waals surface area contributed by atoms with Crippen molar-refractivity contribution >= 4 is 5.97 Å². The molecule has 0 amide bonds. The molecule has 0 spiro atoms. The third kappa shape index (κ3) is 1.76. The number of carboxylic acid groups (broad SMARTS) is 1. The van der Waals surface area contributed by atoms with Crippen LogP contribution in [0.3, 0.4) is 0 Å². The molecule has 0 bridgehead atoms. The monoisotopic (exact) mass is 233 g/mol. The first-order valence-corrected chi connectivity index (χ1v) is 4.25. The second-order valence-electron chi connectivity index (χ2n) is 3.04. The quantitative estimate of drug-likeness (QED) is 0.777. The minimum absolute atomic E-state index is 0.523. The lowest BCUT2D eigenvalue weighted by Gasteiger charge is -2.35. The van der Waals surface area contributed by atoms with Gasteiger partial charge in [-0.2, -0.15) is 13.2 Å². The number of methoxy groups -OCH3 is 1. The molecule has 0 unspecified atom stereocenters. The normalized spacial score (nSPS) is 15.5. The molecule has 3 nitrogen and oxygen atoms in total. The Morgan fingerprint density at radius 1 is 1.25 bits per heavy atom. The van der Waals surface area contributed by atoms with Crippen molar-refractivity contribution in [1.29, 1.82) is 0 Å². The van der Waals surface area contributed by atoms with Crippen molar-refractivity contribution in [1.82, 2.24) is 0 Å². The second kappa shape index (κ2) is 4.13. The largest absolute Gasteiger partial charge is 0.546 e. The molecule has 0 aromatic heterocycles. The van der Waals surface area contributed by atoms with E-state index in [1.54, 1.807) is 0 Å². The van der Waals surface area contributed by atoms with Crippen molar-refractivity contribution in [3.05, 3.63) is 35.9 Å². The van der Waals surface area contributed by atoms with Crippen molar-refractivity contribution < 1.29 is 27.8 Å². The molecule has 0 heterocycles. The summed E-state index contributed by atoms with van der Waals surface area (Å²) in [7, 11) is 0.677. The van der Waals surface area contributed by atoms with Crippen molar-refractivity contribution in [2.24, 2.45) is 0 Å². The van der Waals surface area contributed by atoms with Gasteiger partial charge in [0.1, 0.15) is 0 Å². The van der Waals surface area contributed by atoms with Gasteiger partial charge < -0.3 is 14.6 Å². The fourth-order valence-electron chi connectivity index (χ4n) is 1.39. The Bertz CT molecular complexity index is 375. The van der Waals surface area contributed by atoms with E-state index in [2.05, 4.69) is 4.74 Å². The molecule has 16 heavy (non-hydrogen) atoms. The summed E-state index contributed by atoms with van der Waals surface area (Å²) in [5.74, 6) is -2.34. The Morgan fingerprint density at radius 2 is 1.75 bits per heavy atom. The van der Waals surface area contributed by atoms with Crippen LogP contribution < -0.4 is 5.11 Å². The molecule has 1 aromatic carbocycles. The fourth-order valence-corrected chi connectivity index (χ4v) is 1.39. The average molecular weight is 233 g/mol. The van der Waals surface area contributed by atoms with Gasteiger partial charge in [-0.15, -0.1) is 0 Å². The number of carboxylic acids is 1. The molecule has 1 aromatic rings. The van der Waals surface area contributed by atoms with E-state index in [0.717, 1.165) is 12.1 Å². The number of hydrogen-bond donors (Lipinski definition) is 0. The molecule has 0 saturated carbocycles. The Kier molecular flexibility index (Phi) is 3.23. The van der Waals surface area contributed by atoms with Gasteiger partial charge >= 0.3 is 6.18 Å². The molecule has 1 rings (SSSR count). The number of benzene rings is 1. The van der Waals surface area contributed by atoms with Crippen LogP contribution in [0.15, 0.2) is 30.3 Å². The van der Waals surface area contributed by atoms with Crippen LogP contribution in [0.4, 0.5) is 13.2 Å². The summed E-state index contributed by atoms with van der Waals surface area (Å²) in [6, 6.07) is 6.09. The molecular formula is C10H8F3O3-. The highest BCUT2D eigenvalue weighted by molar-refractivity contribution is 5.78. The molecule has 0 aliphatic rings. The molecule has 0 N–H and O–H groups in total. The maximum Gasteiger partial charge on any atom is 0.427 e. The fraction of sp³-hybridized carbons (Fsp3) is 0.300. The zero-order chi connectivity index (χ0) is 12.4. The van der Waals surface area contributed by atoms with Gasteiger partial charge in [0.15, 0.2) is 0 Å². The summed E-state index contributed by atoms with van der Waals surface area (Å²) in [6.45, 7) is 0. The third-order valence-electron chi connectivity index (χ3n) is 2.17. The van der Waals surface area contributed by atoms with Crippen molar-refractivity contribution in [2.45, 2.75) is 11.8 Å². The van der Waals surface area contributed by atoms with Crippen molar-refractivity contribution in [3.63, 3.8) is 0 Å². The zero-order valence-corrected chi connectivity index (χ0v) is 8.25. The maximum atomic E-state index is 12.8. The van der Waals surface area contributed by atoms with E-state index in [0.29, 0.717) is 7.11 Å². The van der Waals surface area contributed by atoms with Crippen molar-refractivity contribution in [2.75, 3.05) is 7.11 Å². The van der Waals surface area contributed by atoms with Gasteiger partial charge in [0.05, 0.1) is 5.97 Å². The van der Waals surface area contributed by atoms with E-state index in [1.165, 1.54) is 18.2 Å². The molecule has 1 atom stereocenters. The predicted octanol–water partition coefficient (Wildman–Crippen LogP) is 0.840. The highest BCUT2D eigenvalue weighted by atomic mass is 19.4. The number of rotatable bonds is 3. The molecule has 0 aliphatic heterocycles. The second-order valence-corrected chi connectivity index (χ2v) is 3.04. The summed E-state index contributed by atoms with van der Waals surface area (Å²) in [6.07, 6.45) is -5.10. The number of hydrogen-bond acceptors (Lipinski definition) is 3. The molecule has 0 radical (unpaired) electrons. The Morgan fingerprint density at radius 3 is 2.06 bits per heavy atom. The van der Waals surface area contributed by atoms with Crippen LogP contribution in [0, 0.1) is 0 Å². The first-order valence-electron chi connectivity index (χ1n) is 4.25. The van der Waals surface area contributed by atoms with Gasteiger partial charge in [-0.3, -0.25) is 0 Å². The zero-order valence-electron chi connectivity index (χ0n) is 8.25. The van der Waals surface area contributed by atoms with Gasteiger partial charge in [0.25, 0.3) is 0 Å². The van der Waals surface area contributed by atoms with Crippen molar-refractivity contribution in [3.8, 4) is 0 Å². The van der Waals surface area contributed by atoms with Crippen LogP contribution in [0.25, 0.3) is 0 Å². The number of carbonyl (C=O) groups excluding carboxylic acids is 1. The number of alkyl halides is 3. The maximum absolute atomic E-state index is 12.8. The van der Waals surface area contributed by atoms with Gasteiger partial charge in [0.2, 0.25) is 5.60 Å². The summed E-state index contributed by atoms with van der Waals surface area (Å²) < 4.78 is 42.5. The third-order valence-corrected chi connectivity index (χ3v) is 2.17. The topological polar surface area (TPSA) is 49.4 Å². The van der Waals surface area contributed by atoms with Crippen LogP contribution >= 0.6 is 0 Å². The molecule has 0 aliphatic carbocycles. The molecule has 0 saturated heterocycles. The van der Waals surface area contributed by atoms with E-state index in [-0.39, 0.29) is 0 Å². The summed E-state index contributed by atoms with van der Waals surface area (Å²) in [5.41, 5.74) is -3.95. The van der Waals surface area contributed by atoms with Crippen LogP contribution in [-0.2, 0) is 15.1 Å². The lowest BCUT2D eigenvalue weighted by atomic mass is 9.93. The Balaban J connectivity index is 3.42. The van der Waals surface area contributed by atoms with Crippen LogP contribution in [-0.4, -0.2) is 19.3 Å². The first-order chi connectivity index (χ1) is 7.36. The minimum Gasteiger partial charge on any atom is -0.546 e. The minimum atomic E-state index is -5.10. The molecular weight excluding hydrogens is 225 g/mol. The predicted molar refractivity (Wildman–Crippen MR) is 46.2 cm³/mol. The number of ether oxygens (including phenoxy) is 1. The standard InChI is InChI=1S/C10H9F3O3/c1-16-9(8(14)15,10(11,12)13)7-5-3-2-4-6-7/h2-6H,1H3,(H,14,15)/p-1/t9-/m1/s1. The number of carbonyl (C=O) groups is 1. The number of halogens is 3. The van der Waals surface area contributed by atoms with Crippen LogP contribution in [0.1, 0.15) is 5.56 Å². The lowest BCUT2D eigenvalue weighted by molar-refractivity contribution is -0.360. The highest BCUT2D eigenvalue weighted by Gasteiger charge is 2.58. The van der Waals surface area contributed by atoms with E-state index in [1.807, 2.05) is 0 Å². The molecule has 88 valence electrons. The molecule has 0 fully saturated rings. The van der Waals surface area contributed by atoms with E-state index >= 15 is 0 Å². The highest BCUT2D eigenvalue weighted by Crippen LogP contribution is 2.41. The van der Waals surface area contributed by atoms with Gasteiger partial charge in [-0.05, 0) is 5.56 Å². The Hall–Kier alpha value is -1.56. The lowest BCUT2D eigenvalue weighted by Crippen LogP contribution is -2.56. The SMILES string of the molecule is CO[C@@](C(=O)[O-])(c1ccccc1)C(F)(F)F.